The van der Waals surface area contributed by atoms with Gasteiger partial charge >= 0.3 is 14.4 Å². The highest BCUT2D eigenvalue weighted by Crippen LogP contribution is 2.50. The van der Waals surface area contributed by atoms with Crippen LogP contribution in [0.2, 0.25) is 0 Å². The van der Waals surface area contributed by atoms with Crippen LogP contribution in [0.3, 0.4) is 0 Å². The van der Waals surface area contributed by atoms with Gasteiger partial charge in [0, 0.05) is 47.1 Å². The third kappa shape index (κ3) is 4.55. The highest BCUT2D eigenvalue weighted by atomic mass is 32.1. The van der Waals surface area contributed by atoms with Gasteiger partial charge in [-0.25, -0.2) is 23.9 Å². The molecule has 0 aliphatic carbocycles. The Labute approximate surface area is 230 Å². The molecular formula is C25H20F3N4O6PS. The van der Waals surface area contributed by atoms with Gasteiger partial charge in [-0.15, -0.1) is 0 Å². The van der Waals surface area contributed by atoms with Gasteiger partial charge in [0.15, 0.2) is 22.8 Å². The monoisotopic (exact) mass is 592 g/mol. The number of phosphoric acid groups is 1. The normalized spacial score (nSPS) is 18.4. The van der Waals surface area contributed by atoms with Gasteiger partial charge in [0.2, 0.25) is 0 Å². The van der Waals surface area contributed by atoms with E-state index in [1.165, 1.54) is 38.4 Å². The van der Waals surface area contributed by atoms with E-state index >= 15 is 4.39 Å². The van der Waals surface area contributed by atoms with Crippen LogP contribution in [-0.4, -0.2) is 41.0 Å². The first kappa shape index (κ1) is 26.8. The molecule has 2 aromatic carbocycles. The smallest absolute Gasteiger partial charge is 0.470 e. The Morgan fingerprint density at radius 1 is 1.20 bits per heavy atom. The van der Waals surface area contributed by atoms with Crippen molar-refractivity contribution < 1.29 is 41.5 Å². The standard InChI is InChI=1S/C25H20F3N4O6PS/c1-25(2,38-39(33,34)35)23-29-9-11(10-30-23)13-6-16-15(7-14(13)26)31-21-19-8-17(32(16)21)20-12(22(40)36-19)4-3-5-18(20)37-24(27)28/h3-7,9-10,17,19,24H,8H2,1-2H3,(H2,33,34,35)/t17-,19-/m1/s1. The van der Waals surface area contributed by atoms with Crippen LogP contribution in [-0.2, 0) is 19.4 Å². The quantitative estimate of drug-likeness (QED) is 0.224. The molecule has 2 N–H and O–H groups in total. The molecule has 2 atom stereocenters. The molecule has 40 heavy (non-hydrogen) atoms. The van der Waals surface area contributed by atoms with E-state index < -0.39 is 38.0 Å². The molecule has 4 heterocycles. The number of alkyl halides is 2. The molecule has 0 saturated heterocycles. The van der Waals surface area contributed by atoms with Crippen molar-refractivity contribution in [1.29, 1.82) is 0 Å². The molecule has 2 aromatic heterocycles. The van der Waals surface area contributed by atoms with Gasteiger partial charge in [-0.3, -0.25) is 4.52 Å². The molecule has 2 bridgehead atoms. The van der Waals surface area contributed by atoms with Gasteiger partial charge in [-0.1, -0.05) is 6.07 Å². The summed E-state index contributed by atoms with van der Waals surface area (Å²) in [6.45, 7) is -0.274. The summed E-state index contributed by atoms with van der Waals surface area (Å²) in [5.74, 6) is -0.204. The van der Waals surface area contributed by atoms with Crippen molar-refractivity contribution >= 4 is 36.1 Å². The molecule has 0 saturated carbocycles. The minimum absolute atomic E-state index is 0.0207. The number of fused-ring (bicyclic) bond motifs is 9. The number of halogens is 3. The minimum atomic E-state index is -4.83. The highest BCUT2D eigenvalue weighted by molar-refractivity contribution is 7.80. The van der Waals surface area contributed by atoms with Crippen molar-refractivity contribution in [2.45, 2.75) is 44.6 Å². The van der Waals surface area contributed by atoms with E-state index in [9.17, 15) is 23.1 Å². The van der Waals surface area contributed by atoms with Crippen molar-refractivity contribution in [1.82, 2.24) is 19.5 Å². The molecule has 6 rings (SSSR count). The molecule has 0 fully saturated rings. The van der Waals surface area contributed by atoms with Crippen LogP contribution < -0.4 is 4.74 Å². The van der Waals surface area contributed by atoms with Crippen LogP contribution in [0.25, 0.3) is 22.2 Å². The predicted octanol–water partition coefficient (Wildman–Crippen LogP) is 5.32. The number of ether oxygens (including phenoxy) is 2. The summed E-state index contributed by atoms with van der Waals surface area (Å²) in [6, 6.07) is 6.95. The molecule has 208 valence electrons. The first-order chi connectivity index (χ1) is 18.8. The number of hydrogen-bond acceptors (Lipinski definition) is 8. The topological polar surface area (TPSA) is 129 Å². The van der Waals surface area contributed by atoms with E-state index in [1.54, 1.807) is 18.2 Å². The van der Waals surface area contributed by atoms with Crippen LogP contribution >= 0.6 is 20.0 Å². The van der Waals surface area contributed by atoms with Gasteiger partial charge in [0.1, 0.15) is 17.2 Å². The van der Waals surface area contributed by atoms with Crippen molar-refractivity contribution in [2.24, 2.45) is 0 Å². The van der Waals surface area contributed by atoms with Gasteiger partial charge in [-0.05, 0) is 44.3 Å². The van der Waals surface area contributed by atoms with Gasteiger partial charge in [0.25, 0.3) is 0 Å². The second kappa shape index (κ2) is 9.32. The lowest BCUT2D eigenvalue weighted by atomic mass is 9.97. The SMILES string of the molecule is CC(C)(OP(=O)(O)O)c1ncc(-c2cc3c(cc2F)nc2n3[C@@H]3C[C@H]2OC(=S)c2cccc(OC(F)F)c23)cn1. The zero-order valence-corrected chi connectivity index (χ0v) is 22.5. The Morgan fingerprint density at radius 3 is 2.60 bits per heavy atom. The van der Waals surface area contributed by atoms with E-state index in [0.29, 0.717) is 34.4 Å². The van der Waals surface area contributed by atoms with Gasteiger partial charge < -0.3 is 23.8 Å². The van der Waals surface area contributed by atoms with E-state index in [2.05, 4.69) is 15.0 Å². The fourth-order valence-corrected chi connectivity index (χ4v) is 6.22. The number of hydrogen-bond donors (Lipinski definition) is 2. The lowest BCUT2D eigenvalue weighted by Gasteiger charge is -2.23. The van der Waals surface area contributed by atoms with Gasteiger partial charge in [-0.2, -0.15) is 8.78 Å². The number of thiocarbonyl (C=S) groups is 1. The number of benzene rings is 2. The summed E-state index contributed by atoms with van der Waals surface area (Å²) < 4.78 is 70.6. The Bertz CT molecular complexity index is 1730. The summed E-state index contributed by atoms with van der Waals surface area (Å²) in [6.07, 6.45) is 2.40. The fourth-order valence-electron chi connectivity index (χ4n) is 5.25. The lowest BCUT2D eigenvalue weighted by molar-refractivity contribution is -0.0507. The van der Waals surface area contributed by atoms with Gasteiger partial charge in [0.05, 0.1) is 17.1 Å². The zero-order chi connectivity index (χ0) is 28.6. The lowest BCUT2D eigenvalue weighted by Crippen LogP contribution is -2.23. The Kier molecular flexibility index (Phi) is 6.24. The highest BCUT2D eigenvalue weighted by Gasteiger charge is 2.43. The average Bonchev–Trinajstić information content (AvgIpc) is 3.33. The number of imidazole rings is 1. The molecule has 2 aliphatic rings. The molecular weight excluding hydrogens is 572 g/mol. The van der Waals surface area contributed by atoms with E-state index in [-0.39, 0.29) is 27.8 Å². The maximum absolute atomic E-state index is 15.3. The molecule has 0 radical (unpaired) electrons. The van der Waals surface area contributed by atoms with Crippen LogP contribution in [0, 0.1) is 5.82 Å². The molecule has 0 amide bonds. The maximum Gasteiger partial charge on any atom is 0.470 e. The largest absolute Gasteiger partial charge is 0.471 e. The van der Waals surface area contributed by atoms with Crippen LogP contribution in [0.1, 0.15) is 55.2 Å². The third-order valence-electron chi connectivity index (χ3n) is 6.78. The third-order valence-corrected chi connectivity index (χ3v) is 7.79. The van der Waals surface area contributed by atoms with Crippen LogP contribution in [0.15, 0.2) is 42.7 Å². The summed E-state index contributed by atoms with van der Waals surface area (Å²) >= 11 is 5.44. The minimum Gasteiger partial charge on any atom is -0.471 e. The van der Waals surface area contributed by atoms with Crippen molar-refractivity contribution in [3.8, 4) is 16.9 Å². The number of phosphoric ester groups is 1. The van der Waals surface area contributed by atoms with E-state index in [4.69, 9.17) is 26.2 Å². The Hall–Kier alpha value is -3.42. The fraction of sp³-hybridized carbons (Fsp3) is 0.280. The molecule has 2 aliphatic heterocycles. The molecule has 15 heteroatoms. The summed E-state index contributed by atoms with van der Waals surface area (Å²) in [5.41, 5.74) is 0.617. The second-order valence-electron chi connectivity index (χ2n) is 9.79. The van der Waals surface area contributed by atoms with E-state index in [1.807, 2.05) is 4.57 Å². The summed E-state index contributed by atoms with van der Waals surface area (Å²) in [4.78, 5) is 31.2. The van der Waals surface area contributed by atoms with Crippen molar-refractivity contribution in [3.63, 3.8) is 0 Å². The molecule has 0 unspecified atom stereocenters. The van der Waals surface area contributed by atoms with E-state index in [0.717, 1.165) is 0 Å². The van der Waals surface area contributed by atoms with Crippen molar-refractivity contribution in [3.05, 3.63) is 71.3 Å². The summed E-state index contributed by atoms with van der Waals surface area (Å²) in [5, 5.41) is 0.135. The summed E-state index contributed by atoms with van der Waals surface area (Å²) in [7, 11) is -4.83. The number of aromatic nitrogens is 4. The Balaban J connectivity index is 1.46. The van der Waals surface area contributed by atoms with Crippen LogP contribution in [0.4, 0.5) is 13.2 Å². The Morgan fingerprint density at radius 2 is 1.93 bits per heavy atom. The number of nitrogens with zero attached hydrogens (tertiary/aromatic N) is 4. The predicted molar refractivity (Wildman–Crippen MR) is 138 cm³/mol. The molecule has 4 aromatic rings. The van der Waals surface area contributed by atoms with Crippen molar-refractivity contribution in [2.75, 3.05) is 0 Å². The second-order valence-corrected chi connectivity index (χ2v) is 11.3. The zero-order valence-electron chi connectivity index (χ0n) is 20.8. The maximum atomic E-state index is 15.3. The first-order valence-electron chi connectivity index (χ1n) is 11.9. The average molecular weight is 592 g/mol. The van der Waals surface area contributed by atoms with Crippen LogP contribution in [0.5, 0.6) is 5.75 Å². The molecule has 0 spiro atoms. The number of rotatable bonds is 6. The first-order valence-corrected chi connectivity index (χ1v) is 13.9. The molecule has 10 nitrogen and oxygen atoms in total.